The SMILES string of the molecule is O=C(CNC1CCCC1)NCc1cccc([N+](=O)[O-])c1. The lowest BCUT2D eigenvalue weighted by molar-refractivity contribution is -0.384. The Morgan fingerprint density at radius 2 is 2.10 bits per heavy atom. The summed E-state index contributed by atoms with van der Waals surface area (Å²) in [5.74, 6) is -0.0802. The van der Waals surface area contributed by atoms with Gasteiger partial charge < -0.3 is 10.6 Å². The van der Waals surface area contributed by atoms with E-state index in [4.69, 9.17) is 0 Å². The number of carbonyl (C=O) groups excluding carboxylic acids is 1. The minimum Gasteiger partial charge on any atom is -0.351 e. The van der Waals surface area contributed by atoms with Crippen molar-refractivity contribution in [1.82, 2.24) is 10.6 Å². The molecule has 0 atom stereocenters. The fraction of sp³-hybridized carbons (Fsp3) is 0.500. The Morgan fingerprint density at radius 1 is 1.35 bits per heavy atom. The molecular formula is C14H19N3O3. The van der Waals surface area contributed by atoms with Crippen LogP contribution in [-0.2, 0) is 11.3 Å². The van der Waals surface area contributed by atoms with Gasteiger partial charge in [-0.25, -0.2) is 0 Å². The zero-order valence-electron chi connectivity index (χ0n) is 11.3. The Bertz CT molecular complexity index is 484. The van der Waals surface area contributed by atoms with Crippen molar-refractivity contribution in [2.45, 2.75) is 38.3 Å². The van der Waals surface area contributed by atoms with E-state index < -0.39 is 4.92 Å². The van der Waals surface area contributed by atoms with E-state index in [0.717, 1.165) is 18.4 Å². The molecule has 1 fully saturated rings. The summed E-state index contributed by atoms with van der Waals surface area (Å²) < 4.78 is 0. The van der Waals surface area contributed by atoms with E-state index in [2.05, 4.69) is 10.6 Å². The summed E-state index contributed by atoms with van der Waals surface area (Å²) in [7, 11) is 0. The minimum atomic E-state index is -0.438. The van der Waals surface area contributed by atoms with Gasteiger partial charge >= 0.3 is 0 Å². The third-order valence-corrected chi connectivity index (χ3v) is 3.52. The number of hydrogen-bond donors (Lipinski definition) is 2. The maximum atomic E-state index is 11.7. The molecule has 0 spiro atoms. The van der Waals surface area contributed by atoms with Crippen LogP contribution in [0.1, 0.15) is 31.2 Å². The van der Waals surface area contributed by atoms with Gasteiger partial charge in [-0.2, -0.15) is 0 Å². The molecule has 2 N–H and O–H groups in total. The number of nitrogens with zero attached hydrogens (tertiary/aromatic N) is 1. The van der Waals surface area contributed by atoms with Crippen molar-refractivity contribution in [3.63, 3.8) is 0 Å². The molecule has 1 amide bonds. The molecule has 2 rings (SSSR count). The van der Waals surface area contributed by atoms with E-state index in [1.807, 2.05) is 0 Å². The number of non-ortho nitro benzene ring substituents is 1. The number of nitrogens with one attached hydrogen (secondary N) is 2. The van der Waals surface area contributed by atoms with Gasteiger partial charge in [-0.15, -0.1) is 0 Å². The average molecular weight is 277 g/mol. The van der Waals surface area contributed by atoms with Crippen LogP contribution in [0.15, 0.2) is 24.3 Å². The second-order valence-corrected chi connectivity index (χ2v) is 5.07. The van der Waals surface area contributed by atoms with Crippen LogP contribution in [0.3, 0.4) is 0 Å². The lowest BCUT2D eigenvalue weighted by Gasteiger charge is -2.11. The summed E-state index contributed by atoms with van der Waals surface area (Å²) in [5, 5.41) is 16.6. The van der Waals surface area contributed by atoms with E-state index in [1.54, 1.807) is 12.1 Å². The standard InChI is InChI=1S/C14H19N3O3/c18-14(10-15-12-5-1-2-6-12)16-9-11-4-3-7-13(8-11)17(19)20/h3-4,7-8,12,15H,1-2,5-6,9-10H2,(H,16,18). The van der Waals surface area contributed by atoms with Crippen LogP contribution in [0.5, 0.6) is 0 Å². The van der Waals surface area contributed by atoms with Gasteiger partial charge in [0.15, 0.2) is 0 Å². The first-order valence-electron chi connectivity index (χ1n) is 6.88. The Hall–Kier alpha value is -1.95. The van der Waals surface area contributed by atoms with Crippen molar-refractivity contribution in [3.8, 4) is 0 Å². The smallest absolute Gasteiger partial charge is 0.269 e. The van der Waals surface area contributed by atoms with Crippen molar-refractivity contribution < 1.29 is 9.72 Å². The second kappa shape index (κ2) is 7.00. The lowest BCUT2D eigenvalue weighted by Crippen LogP contribution is -2.37. The highest BCUT2D eigenvalue weighted by Gasteiger charge is 2.15. The van der Waals surface area contributed by atoms with Gasteiger partial charge in [0, 0.05) is 24.7 Å². The number of nitro groups is 1. The zero-order chi connectivity index (χ0) is 14.4. The predicted molar refractivity (Wildman–Crippen MR) is 75.2 cm³/mol. The highest BCUT2D eigenvalue weighted by Crippen LogP contribution is 2.17. The molecular weight excluding hydrogens is 258 g/mol. The second-order valence-electron chi connectivity index (χ2n) is 5.07. The van der Waals surface area contributed by atoms with Gasteiger partial charge in [0.25, 0.3) is 5.69 Å². The van der Waals surface area contributed by atoms with Crippen LogP contribution in [0, 0.1) is 10.1 Å². The van der Waals surface area contributed by atoms with Gasteiger partial charge in [-0.1, -0.05) is 25.0 Å². The molecule has 0 aliphatic heterocycles. The highest BCUT2D eigenvalue weighted by molar-refractivity contribution is 5.78. The first kappa shape index (κ1) is 14.5. The number of nitro benzene ring substituents is 1. The molecule has 6 nitrogen and oxygen atoms in total. The lowest BCUT2D eigenvalue weighted by atomic mass is 10.2. The molecule has 0 heterocycles. The first-order chi connectivity index (χ1) is 9.65. The van der Waals surface area contributed by atoms with E-state index in [-0.39, 0.29) is 11.6 Å². The maximum absolute atomic E-state index is 11.7. The number of amides is 1. The molecule has 0 bridgehead atoms. The topological polar surface area (TPSA) is 84.3 Å². The highest BCUT2D eigenvalue weighted by atomic mass is 16.6. The van der Waals surface area contributed by atoms with E-state index in [1.165, 1.54) is 25.0 Å². The van der Waals surface area contributed by atoms with Crippen LogP contribution in [0.25, 0.3) is 0 Å². The molecule has 20 heavy (non-hydrogen) atoms. The summed E-state index contributed by atoms with van der Waals surface area (Å²) in [6.45, 7) is 0.618. The van der Waals surface area contributed by atoms with Gasteiger partial charge in [-0.3, -0.25) is 14.9 Å². The van der Waals surface area contributed by atoms with E-state index >= 15 is 0 Å². The zero-order valence-corrected chi connectivity index (χ0v) is 11.3. The fourth-order valence-corrected chi connectivity index (χ4v) is 2.41. The number of carbonyl (C=O) groups is 1. The summed E-state index contributed by atoms with van der Waals surface area (Å²) in [6, 6.07) is 6.75. The van der Waals surface area contributed by atoms with Crippen LogP contribution >= 0.6 is 0 Å². The van der Waals surface area contributed by atoms with Gasteiger partial charge in [-0.05, 0) is 18.4 Å². The van der Waals surface area contributed by atoms with Crippen molar-refractivity contribution in [1.29, 1.82) is 0 Å². The average Bonchev–Trinajstić information content (AvgIpc) is 2.96. The quantitative estimate of drug-likeness (QED) is 0.613. The third-order valence-electron chi connectivity index (χ3n) is 3.52. The molecule has 6 heteroatoms. The molecule has 0 unspecified atom stereocenters. The largest absolute Gasteiger partial charge is 0.351 e. The van der Waals surface area contributed by atoms with Gasteiger partial charge in [0.2, 0.25) is 5.91 Å². The number of rotatable bonds is 6. The normalized spacial score (nSPS) is 15.2. The van der Waals surface area contributed by atoms with E-state index in [0.29, 0.717) is 19.1 Å². The summed E-state index contributed by atoms with van der Waals surface area (Å²) in [5.41, 5.74) is 0.772. The van der Waals surface area contributed by atoms with Crippen LogP contribution in [-0.4, -0.2) is 23.4 Å². The molecule has 1 aliphatic carbocycles. The van der Waals surface area contributed by atoms with Crippen molar-refractivity contribution in [2.75, 3.05) is 6.54 Å². The summed E-state index contributed by atoms with van der Waals surface area (Å²) in [6.07, 6.45) is 4.73. The maximum Gasteiger partial charge on any atom is 0.269 e. The Balaban J connectivity index is 1.75. The molecule has 1 saturated carbocycles. The molecule has 0 radical (unpaired) electrons. The predicted octanol–water partition coefficient (Wildman–Crippen LogP) is 1.74. The van der Waals surface area contributed by atoms with Crippen LogP contribution < -0.4 is 10.6 Å². The Morgan fingerprint density at radius 3 is 2.80 bits per heavy atom. The van der Waals surface area contributed by atoms with Crippen molar-refractivity contribution >= 4 is 11.6 Å². The van der Waals surface area contributed by atoms with Crippen LogP contribution in [0.4, 0.5) is 5.69 Å². The van der Waals surface area contributed by atoms with Gasteiger partial charge in [0.05, 0.1) is 11.5 Å². The summed E-state index contributed by atoms with van der Waals surface area (Å²) in [4.78, 5) is 21.9. The van der Waals surface area contributed by atoms with Crippen molar-refractivity contribution in [2.24, 2.45) is 0 Å². The van der Waals surface area contributed by atoms with Crippen molar-refractivity contribution in [3.05, 3.63) is 39.9 Å². The fourth-order valence-electron chi connectivity index (χ4n) is 2.41. The molecule has 1 aliphatic rings. The molecule has 0 aromatic heterocycles. The number of hydrogen-bond acceptors (Lipinski definition) is 4. The molecule has 0 saturated heterocycles. The first-order valence-corrected chi connectivity index (χ1v) is 6.88. The summed E-state index contributed by atoms with van der Waals surface area (Å²) >= 11 is 0. The van der Waals surface area contributed by atoms with E-state index in [9.17, 15) is 14.9 Å². The minimum absolute atomic E-state index is 0.0424. The van der Waals surface area contributed by atoms with Gasteiger partial charge in [0.1, 0.15) is 0 Å². The third kappa shape index (κ3) is 4.31. The number of benzene rings is 1. The molecule has 1 aromatic rings. The Labute approximate surface area is 117 Å². The van der Waals surface area contributed by atoms with Crippen LogP contribution in [0.2, 0.25) is 0 Å². The molecule has 108 valence electrons. The monoisotopic (exact) mass is 277 g/mol. The molecule has 1 aromatic carbocycles. The Kier molecular flexibility index (Phi) is 5.06.